The van der Waals surface area contributed by atoms with E-state index in [0.29, 0.717) is 29.7 Å². The number of rotatable bonds is 9. The van der Waals surface area contributed by atoms with Crippen LogP contribution in [0.15, 0.2) is 36.5 Å². The van der Waals surface area contributed by atoms with Crippen LogP contribution >= 0.6 is 0 Å². The summed E-state index contributed by atoms with van der Waals surface area (Å²) in [6.45, 7) is 0.471. The van der Waals surface area contributed by atoms with Crippen molar-refractivity contribution in [3.8, 4) is 23.1 Å². The first kappa shape index (κ1) is 19.5. The number of hydrogen-bond acceptors (Lipinski definition) is 7. The highest BCUT2D eigenvalue weighted by molar-refractivity contribution is 5.81. The number of pyridine rings is 1. The maximum Gasteiger partial charge on any atom is 0.239 e. The second-order valence-electron chi connectivity index (χ2n) is 5.38. The highest BCUT2D eigenvalue weighted by Gasteiger charge is 2.14. The second-order valence-corrected chi connectivity index (χ2v) is 5.38. The molecular weight excluding hydrogens is 338 g/mol. The Hall–Kier alpha value is -2.84. The van der Waals surface area contributed by atoms with Crippen LogP contribution in [-0.4, -0.2) is 44.9 Å². The molecule has 0 aliphatic heterocycles. The lowest BCUT2D eigenvalue weighted by molar-refractivity contribution is -0.123. The summed E-state index contributed by atoms with van der Waals surface area (Å²) >= 11 is 0. The fraction of sp³-hybridized carbons (Fsp3) is 0.333. The standard InChI is InChI=1S/C18H23N3O5/c1-23-11-13(19)18(22)21-10-12-7-8-16(20-9-12)26-17-14(24-2)5-4-6-15(17)25-3/h4-9,13H,10-11,19H2,1-3H3,(H,21,22). The average molecular weight is 361 g/mol. The fourth-order valence-corrected chi connectivity index (χ4v) is 2.17. The van der Waals surface area contributed by atoms with Gasteiger partial charge in [-0.25, -0.2) is 4.98 Å². The molecule has 0 aliphatic carbocycles. The number of hydrogen-bond donors (Lipinski definition) is 2. The van der Waals surface area contributed by atoms with Gasteiger partial charge in [-0.15, -0.1) is 0 Å². The summed E-state index contributed by atoms with van der Waals surface area (Å²) in [7, 11) is 4.59. The third kappa shape index (κ3) is 5.08. The Balaban J connectivity index is 2.01. The smallest absolute Gasteiger partial charge is 0.239 e. The molecule has 1 amide bonds. The van der Waals surface area contributed by atoms with Crippen molar-refractivity contribution < 1.29 is 23.7 Å². The molecular formula is C18H23N3O5. The summed E-state index contributed by atoms with van der Waals surface area (Å²) < 4.78 is 21.2. The van der Waals surface area contributed by atoms with Crippen LogP contribution in [0.1, 0.15) is 5.56 Å². The highest BCUT2D eigenvalue weighted by Crippen LogP contribution is 2.39. The van der Waals surface area contributed by atoms with Crippen LogP contribution in [0.25, 0.3) is 0 Å². The number of methoxy groups -OCH3 is 3. The normalized spacial score (nSPS) is 11.5. The number of nitrogens with one attached hydrogen (secondary N) is 1. The Bertz CT molecular complexity index is 699. The van der Waals surface area contributed by atoms with Gasteiger partial charge in [-0.05, 0) is 17.7 Å². The Morgan fingerprint density at radius 3 is 2.38 bits per heavy atom. The molecule has 0 fully saturated rings. The van der Waals surface area contributed by atoms with Crippen molar-refractivity contribution in [3.05, 3.63) is 42.1 Å². The molecule has 1 heterocycles. The van der Waals surface area contributed by atoms with Crippen molar-refractivity contribution in [1.82, 2.24) is 10.3 Å². The van der Waals surface area contributed by atoms with Gasteiger partial charge in [-0.3, -0.25) is 4.79 Å². The Morgan fingerprint density at radius 2 is 1.85 bits per heavy atom. The lowest BCUT2D eigenvalue weighted by atomic mass is 10.2. The predicted molar refractivity (Wildman–Crippen MR) is 95.6 cm³/mol. The number of amides is 1. The number of aromatic nitrogens is 1. The monoisotopic (exact) mass is 361 g/mol. The van der Waals surface area contributed by atoms with E-state index < -0.39 is 6.04 Å². The summed E-state index contributed by atoms with van der Waals surface area (Å²) in [6, 6.07) is 8.14. The first-order chi connectivity index (χ1) is 12.6. The SMILES string of the molecule is COCC(N)C(=O)NCc1ccc(Oc2c(OC)cccc2OC)nc1. The Labute approximate surface area is 152 Å². The molecule has 1 atom stereocenters. The molecule has 1 aromatic heterocycles. The molecule has 26 heavy (non-hydrogen) atoms. The van der Waals surface area contributed by atoms with Gasteiger partial charge in [0.2, 0.25) is 17.5 Å². The lowest BCUT2D eigenvalue weighted by Gasteiger charge is -2.13. The maximum atomic E-state index is 11.8. The number of benzene rings is 1. The van der Waals surface area contributed by atoms with Gasteiger partial charge in [-0.1, -0.05) is 12.1 Å². The lowest BCUT2D eigenvalue weighted by Crippen LogP contribution is -2.43. The molecule has 140 valence electrons. The summed E-state index contributed by atoms with van der Waals surface area (Å²) in [4.78, 5) is 16.0. The van der Waals surface area contributed by atoms with E-state index >= 15 is 0 Å². The van der Waals surface area contributed by atoms with Crippen LogP contribution in [0.3, 0.4) is 0 Å². The van der Waals surface area contributed by atoms with Gasteiger partial charge < -0.3 is 30.0 Å². The van der Waals surface area contributed by atoms with Gasteiger partial charge in [0.1, 0.15) is 6.04 Å². The molecule has 0 spiro atoms. The number of carbonyl (C=O) groups is 1. The Morgan fingerprint density at radius 1 is 1.15 bits per heavy atom. The van der Waals surface area contributed by atoms with Crippen LogP contribution in [0, 0.1) is 0 Å². The minimum absolute atomic E-state index is 0.164. The summed E-state index contributed by atoms with van der Waals surface area (Å²) in [5.74, 6) is 1.60. The van der Waals surface area contributed by atoms with Crippen molar-refractivity contribution in [2.45, 2.75) is 12.6 Å². The zero-order chi connectivity index (χ0) is 18.9. The maximum absolute atomic E-state index is 11.8. The van der Waals surface area contributed by atoms with E-state index in [2.05, 4.69) is 10.3 Å². The molecule has 0 saturated heterocycles. The van der Waals surface area contributed by atoms with Gasteiger partial charge >= 0.3 is 0 Å². The van der Waals surface area contributed by atoms with Gasteiger partial charge in [0, 0.05) is 25.9 Å². The number of para-hydroxylation sites is 1. The summed E-state index contributed by atoms with van der Waals surface area (Å²) in [5.41, 5.74) is 6.47. The molecule has 0 aliphatic rings. The minimum atomic E-state index is -0.700. The van der Waals surface area contributed by atoms with Crippen molar-refractivity contribution in [2.24, 2.45) is 5.73 Å². The third-order valence-electron chi connectivity index (χ3n) is 3.54. The van der Waals surface area contributed by atoms with Crippen molar-refractivity contribution >= 4 is 5.91 Å². The van der Waals surface area contributed by atoms with E-state index in [-0.39, 0.29) is 12.5 Å². The second kappa shape index (κ2) is 9.59. The van der Waals surface area contributed by atoms with Crippen LogP contribution in [0.4, 0.5) is 0 Å². The third-order valence-corrected chi connectivity index (χ3v) is 3.54. The number of nitrogens with zero attached hydrogens (tertiary/aromatic N) is 1. The quantitative estimate of drug-likeness (QED) is 0.697. The van der Waals surface area contributed by atoms with E-state index in [1.165, 1.54) is 7.11 Å². The molecule has 2 rings (SSSR count). The Kier molecular flexibility index (Phi) is 7.19. The molecule has 1 aromatic carbocycles. The van der Waals surface area contributed by atoms with Crippen molar-refractivity contribution in [2.75, 3.05) is 27.9 Å². The van der Waals surface area contributed by atoms with E-state index in [0.717, 1.165) is 5.56 Å². The predicted octanol–water partition coefficient (Wildman–Crippen LogP) is 1.48. The fourth-order valence-electron chi connectivity index (χ4n) is 2.17. The van der Waals surface area contributed by atoms with Crippen LogP contribution in [0.5, 0.6) is 23.1 Å². The van der Waals surface area contributed by atoms with Crippen molar-refractivity contribution in [3.63, 3.8) is 0 Å². The summed E-state index contributed by atoms with van der Waals surface area (Å²) in [5, 5.41) is 2.72. The minimum Gasteiger partial charge on any atom is -0.493 e. The summed E-state index contributed by atoms with van der Waals surface area (Å²) in [6.07, 6.45) is 1.61. The van der Waals surface area contributed by atoms with Gasteiger partial charge in [-0.2, -0.15) is 0 Å². The van der Waals surface area contributed by atoms with E-state index in [1.54, 1.807) is 50.7 Å². The molecule has 0 saturated carbocycles. The average Bonchev–Trinajstić information content (AvgIpc) is 2.67. The number of ether oxygens (including phenoxy) is 4. The molecule has 0 bridgehead atoms. The van der Waals surface area contributed by atoms with Crippen LogP contribution in [-0.2, 0) is 16.1 Å². The molecule has 3 N–H and O–H groups in total. The molecule has 0 radical (unpaired) electrons. The first-order valence-corrected chi connectivity index (χ1v) is 7.95. The number of nitrogens with two attached hydrogens (primary N) is 1. The van der Waals surface area contributed by atoms with E-state index in [9.17, 15) is 4.79 Å². The zero-order valence-electron chi connectivity index (χ0n) is 15.0. The topological polar surface area (TPSA) is 105 Å². The molecule has 8 nitrogen and oxygen atoms in total. The van der Waals surface area contributed by atoms with Gasteiger partial charge in [0.15, 0.2) is 11.5 Å². The van der Waals surface area contributed by atoms with Crippen molar-refractivity contribution in [1.29, 1.82) is 0 Å². The van der Waals surface area contributed by atoms with Gasteiger partial charge in [0.25, 0.3) is 0 Å². The zero-order valence-corrected chi connectivity index (χ0v) is 15.0. The molecule has 2 aromatic rings. The largest absolute Gasteiger partial charge is 0.493 e. The van der Waals surface area contributed by atoms with Crippen LogP contribution in [0.2, 0.25) is 0 Å². The van der Waals surface area contributed by atoms with Gasteiger partial charge in [0.05, 0.1) is 20.8 Å². The number of carbonyl (C=O) groups excluding carboxylic acids is 1. The first-order valence-electron chi connectivity index (χ1n) is 7.95. The molecule has 8 heteroatoms. The molecule has 1 unspecified atom stereocenters. The van der Waals surface area contributed by atoms with Crippen LogP contribution < -0.4 is 25.3 Å². The van der Waals surface area contributed by atoms with E-state index in [4.69, 9.17) is 24.7 Å². The van der Waals surface area contributed by atoms with E-state index in [1.807, 2.05) is 0 Å². The highest BCUT2D eigenvalue weighted by atomic mass is 16.5.